The molecule has 1 radical (unpaired) electrons. The van der Waals surface area contributed by atoms with E-state index in [1.54, 1.807) is 0 Å². The van der Waals surface area contributed by atoms with Gasteiger partial charge in [-0.1, -0.05) is 0 Å². The first-order valence-corrected chi connectivity index (χ1v) is 6.48. The summed E-state index contributed by atoms with van der Waals surface area (Å²) in [6.45, 7) is 0.746. The van der Waals surface area contributed by atoms with Crippen LogP contribution in [0.3, 0.4) is 0 Å². The van der Waals surface area contributed by atoms with Crippen molar-refractivity contribution in [3.63, 3.8) is 0 Å². The van der Waals surface area contributed by atoms with Crippen molar-refractivity contribution in [2.24, 2.45) is 4.99 Å². The van der Waals surface area contributed by atoms with Crippen LogP contribution in [0.5, 0.6) is 0 Å². The molecule has 2 heteroatoms. The standard InChI is InChI=1S/C15H14NSe/c17-15(11-13-7-3-1-4-8-13)16-12-14-9-5-2-6-10-14/h1-10H,11-12H2. The van der Waals surface area contributed by atoms with Gasteiger partial charge in [0.25, 0.3) is 0 Å². The number of hydrogen-bond donors (Lipinski definition) is 0. The van der Waals surface area contributed by atoms with Crippen molar-refractivity contribution in [1.29, 1.82) is 0 Å². The fraction of sp³-hybridized carbons (Fsp3) is 0.133. The number of benzene rings is 2. The molecule has 2 aromatic carbocycles. The Hall–Kier alpha value is -1.37. The maximum absolute atomic E-state index is 4.55. The van der Waals surface area contributed by atoms with E-state index in [4.69, 9.17) is 0 Å². The third kappa shape index (κ3) is 4.18. The fourth-order valence-corrected chi connectivity index (χ4v) is 2.07. The van der Waals surface area contributed by atoms with Crippen LogP contribution in [0.1, 0.15) is 11.1 Å². The predicted molar refractivity (Wildman–Crippen MR) is 73.5 cm³/mol. The van der Waals surface area contributed by atoms with Crippen molar-refractivity contribution in [3.05, 3.63) is 71.8 Å². The van der Waals surface area contributed by atoms with Gasteiger partial charge in [0, 0.05) is 0 Å². The van der Waals surface area contributed by atoms with Gasteiger partial charge < -0.3 is 0 Å². The molecule has 0 unspecified atom stereocenters. The molecule has 0 amide bonds. The summed E-state index contributed by atoms with van der Waals surface area (Å²) in [6, 6.07) is 20.7. The molecule has 0 aliphatic heterocycles. The van der Waals surface area contributed by atoms with Gasteiger partial charge in [-0.2, -0.15) is 0 Å². The minimum absolute atomic E-state index is 0.746. The molecule has 0 spiro atoms. The Morgan fingerprint density at radius 1 is 0.824 bits per heavy atom. The quantitative estimate of drug-likeness (QED) is 0.605. The van der Waals surface area contributed by atoms with Crippen molar-refractivity contribution < 1.29 is 0 Å². The molecule has 1 nitrogen and oxygen atoms in total. The van der Waals surface area contributed by atoms with E-state index in [0.29, 0.717) is 0 Å². The zero-order valence-electron chi connectivity index (χ0n) is 9.54. The average molecular weight is 287 g/mol. The zero-order valence-corrected chi connectivity index (χ0v) is 11.3. The van der Waals surface area contributed by atoms with Crippen LogP contribution >= 0.6 is 0 Å². The molecule has 0 N–H and O–H groups in total. The molecule has 0 bridgehead atoms. The van der Waals surface area contributed by atoms with Crippen LogP contribution in [-0.4, -0.2) is 20.6 Å². The summed E-state index contributed by atoms with van der Waals surface area (Å²) in [5, 5.41) is 0. The molecule has 0 saturated carbocycles. The molecule has 0 fully saturated rings. The zero-order chi connectivity index (χ0) is 11.9. The Balaban J connectivity index is 1.94. The Bertz CT molecular complexity index is 477. The molecule has 0 aliphatic carbocycles. The molecular weight excluding hydrogens is 273 g/mol. The molecule has 0 aliphatic rings. The second-order valence-corrected chi connectivity index (χ2v) is 4.85. The van der Waals surface area contributed by atoms with Gasteiger partial charge in [0.05, 0.1) is 0 Å². The summed E-state index contributed by atoms with van der Waals surface area (Å²) in [7, 11) is 0. The molecule has 85 valence electrons. The van der Waals surface area contributed by atoms with Gasteiger partial charge in [0.2, 0.25) is 0 Å². The Morgan fingerprint density at radius 2 is 1.35 bits per heavy atom. The summed E-state index contributed by atoms with van der Waals surface area (Å²) < 4.78 is 1.06. The average Bonchev–Trinajstić information content (AvgIpc) is 2.39. The summed E-state index contributed by atoms with van der Waals surface area (Å²) >= 11 is 3.05. The Morgan fingerprint density at radius 3 is 1.94 bits per heavy atom. The van der Waals surface area contributed by atoms with Gasteiger partial charge in [-0.05, 0) is 0 Å². The maximum atomic E-state index is 4.55. The van der Waals surface area contributed by atoms with Crippen LogP contribution in [0.4, 0.5) is 0 Å². The molecule has 17 heavy (non-hydrogen) atoms. The monoisotopic (exact) mass is 288 g/mol. The van der Waals surface area contributed by atoms with E-state index in [2.05, 4.69) is 57.4 Å². The van der Waals surface area contributed by atoms with Gasteiger partial charge in [-0.3, -0.25) is 0 Å². The molecule has 0 aromatic heterocycles. The van der Waals surface area contributed by atoms with Crippen LogP contribution in [0.25, 0.3) is 0 Å². The van der Waals surface area contributed by atoms with Gasteiger partial charge >= 0.3 is 110 Å². The summed E-state index contributed by atoms with van der Waals surface area (Å²) in [6.07, 6.45) is 0.883. The first kappa shape index (κ1) is 12.1. The number of nitrogens with zero attached hydrogens (tertiary/aromatic N) is 1. The summed E-state index contributed by atoms with van der Waals surface area (Å²) in [4.78, 5) is 4.55. The van der Waals surface area contributed by atoms with Crippen LogP contribution < -0.4 is 0 Å². The molecule has 0 heterocycles. The van der Waals surface area contributed by atoms with Gasteiger partial charge in [-0.15, -0.1) is 0 Å². The van der Waals surface area contributed by atoms with E-state index < -0.39 is 0 Å². The third-order valence-electron chi connectivity index (χ3n) is 2.48. The second-order valence-electron chi connectivity index (χ2n) is 3.86. The minimum atomic E-state index is 0.746. The van der Waals surface area contributed by atoms with E-state index >= 15 is 0 Å². The molecule has 0 atom stereocenters. The molecule has 2 aromatic rings. The van der Waals surface area contributed by atoms with Crippen LogP contribution in [-0.2, 0) is 13.0 Å². The topological polar surface area (TPSA) is 12.4 Å². The second kappa shape index (κ2) is 6.39. The summed E-state index contributed by atoms with van der Waals surface area (Å²) in [5.41, 5.74) is 2.53. The Labute approximate surface area is 110 Å². The predicted octanol–water partition coefficient (Wildman–Crippen LogP) is 3.00. The Kier molecular flexibility index (Phi) is 4.54. The van der Waals surface area contributed by atoms with Crippen molar-refractivity contribution in [3.8, 4) is 0 Å². The van der Waals surface area contributed by atoms with Crippen molar-refractivity contribution >= 4 is 20.6 Å². The van der Waals surface area contributed by atoms with E-state index in [1.165, 1.54) is 11.1 Å². The van der Waals surface area contributed by atoms with Crippen molar-refractivity contribution in [1.82, 2.24) is 0 Å². The SMILES string of the molecule is [Se]C(Cc1ccccc1)=NCc1ccccc1. The van der Waals surface area contributed by atoms with E-state index in [9.17, 15) is 0 Å². The third-order valence-corrected chi connectivity index (χ3v) is 3.05. The molecule has 2 rings (SSSR count). The molecular formula is C15H14NSe. The van der Waals surface area contributed by atoms with Gasteiger partial charge in [-0.25, -0.2) is 0 Å². The normalized spacial score (nSPS) is 11.4. The van der Waals surface area contributed by atoms with Crippen LogP contribution in [0, 0.1) is 0 Å². The van der Waals surface area contributed by atoms with E-state index in [-0.39, 0.29) is 0 Å². The van der Waals surface area contributed by atoms with E-state index in [1.807, 2.05) is 24.3 Å². The first-order chi connectivity index (χ1) is 8.34. The number of aliphatic imine (C=N–C) groups is 1. The molecule has 0 saturated heterocycles. The first-order valence-electron chi connectivity index (χ1n) is 5.63. The van der Waals surface area contributed by atoms with Crippen LogP contribution in [0.15, 0.2) is 65.7 Å². The number of hydrogen-bond acceptors (Lipinski definition) is 1. The summed E-state index contributed by atoms with van der Waals surface area (Å²) in [5.74, 6) is 0. The van der Waals surface area contributed by atoms with Gasteiger partial charge in [0.1, 0.15) is 0 Å². The van der Waals surface area contributed by atoms with E-state index in [0.717, 1.165) is 17.6 Å². The fourth-order valence-electron chi connectivity index (χ4n) is 1.59. The van der Waals surface area contributed by atoms with Crippen molar-refractivity contribution in [2.45, 2.75) is 13.0 Å². The van der Waals surface area contributed by atoms with Gasteiger partial charge in [0.15, 0.2) is 0 Å². The number of rotatable bonds is 4. The van der Waals surface area contributed by atoms with Crippen molar-refractivity contribution in [2.75, 3.05) is 0 Å². The van der Waals surface area contributed by atoms with Crippen LogP contribution in [0.2, 0.25) is 0 Å².